The third-order valence-electron chi connectivity index (χ3n) is 2.37. The molecule has 2 aromatic rings. The van der Waals surface area contributed by atoms with Crippen LogP contribution in [0.2, 0.25) is 0 Å². The van der Waals surface area contributed by atoms with Gasteiger partial charge in [-0.2, -0.15) is 0 Å². The number of hydrogen-bond donors (Lipinski definition) is 1. The van der Waals surface area contributed by atoms with Crippen LogP contribution in [0.15, 0.2) is 27.4 Å². The van der Waals surface area contributed by atoms with E-state index in [1.165, 1.54) is 29.2 Å². The van der Waals surface area contributed by atoms with Gasteiger partial charge >= 0.3 is 0 Å². The molecule has 0 saturated carbocycles. The number of aryl methyl sites for hydroxylation is 1. The van der Waals surface area contributed by atoms with Gasteiger partial charge in [-0.05, 0) is 25.5 Å². The number of aliphatic hydroxyl groups is 1. The molecule has 0 amide bonds. The zero-order valence-corrected chi connectivity index (χ0v) is 11.9. The Bertz CT molecular complexity index is 613. The van der Waals surface area contributed by atoms with E-state index in [1.54, 1.807) is 19.1 Å². The van der Waals surface area contributed by atoms with Gasteiger partial charge in [-0.25, -0.2) is 0 Å². The largest absolute Gasteiger partial charge is 0.389 e. The lowest BCUT2D eigenvalue weighted by molar-refractivity contribution is -0.387. The summed E-state index contributed by atoms with van der Waals surface area (Å²) in [6, 6.07) is 4.69. The third-order valence-corrected chi connectivity index (χ3v) is 4.32. The summed E-state index contributed by atoms with van der Waals surface area (Å²) in [5, 5.41) is 29.1. The SMILES string of the molecule is Cc1nnc(Sc2ccc([C@@H](C)O)cc2[N+](=O)[O-])s1. The number of aromatic nitrogens is 2. The molecule has 8 heteroatoms. The van der Waals surface area contributed by atoms with Crippen LogP contribution < -0.4 is 0 Å². The molecule has 0 spiro atoms. The summed E-state index contributed by atoms with van der Waals surface area (Å²) in [7, 11) is 0. The van der Waals surface area contributed by atoms with Crippen molar-refractivity contribution in [3.8, 4) is 0 Å². The van der Waals surface area contributed by atoms with Crippen molar-refractivity contribution in [3.05, 3.63) is 38.9 Å². The van der Waals surface area contributed by atoms with Crippen LogP contribution in [0.1, 0.15) is 23.6 Å². The predicted octanol–water partition coefficient (Wildman–Crippen LogP) is 2.96. The second kappa shape index (κ2) is 5.64. The van der Waals surface area contributed by atoms with Crippen LogP contribution in [0.4, 0.5) is 5.69 Å². The Kier molecular flexibility index (Phi) is 4.13. The molecule has 0 unspecified atom stereocenters. The maximum absolute atomic E-state index is 11.1. The Morgan fingerprint density at radius 3 is 2.74 bits per heavy atom. The maximum atomic E-state index is 11.1. The van der Waals surface area contributed by atoms with Gasteiger partial charge in [0.2, 0.25) is 0 Å². The van der Waals surface area contributed by atoms with Crippen molar-refractivity contribution in [2.75, 3.05) is 0 Å². The molecule has 19 heavy (non-hydrogen) atoms. The average Bonchev–Trinajstić information content (AvgIpc) is 2.74. The van der Waals surface area contributed by atoms with Gasteiger partial charge in [-0.15, -0.1) is 10.2 Å². The molecule has 100 valence electrons. The first kappa shape index (κ1) is 13.9. The van der Waals surface area contributed by atoms with Crippen molar-refractivity contribution < 1.29 is 10.0 Å². The first-order valence-corrected chi connectivity index (χ1v) is 7.05. The lowest BCUT2D eigenvalue weighted by atomic mass is 10.1. The number of rotatable bonds is 4. The van der Waals surface area contributed by atoms with Gasteiger partial charge in [-0.1, -0.05) is 29.2 Å². The van der Waals surface area contributed by atoms with Gasteiger partial charge in [-0.3, -0.25) is 10.1 Å². The molecule has 0 aliphatic heterocycles. The number of hydrogen-bond acceptors (Lipinski definition) is 7. The van der Waals surface area contributed by atoms with E-state index in [0.29, 0.717) is 14.8 Å². The molecule has 0 fully saturated rings. The summed E-state index contributed by atoms with van der Waals surface area (Å²) in [6.07, 6.45) is -0.735. The number of benzene rings is 1. The fourth-order valence-corrected chi connectivity index (χ4v) is 3.29. The van der Waals surface area contributed by atoms with Crippen LogP contribution >= 0.6 is 23.1 Å². The van der Waals surface area contributed by atoms with Crippen molar-refractivity contribution in [3.63, 3.8) is 0 Å². The molecule has 0 saturated heterocycles. The van der Waals surface area contributed by atoms with Gasteiger partial charge in [0, 0.05) is 6.07 Å². The van der Waals surface area contributed by atoms with Crippen LogP contribution in [0.25, 0.3) is 0 Å². The minimum absolute atomic E-state index is 0.0312. The lowest BCUT2D eigenvalue weighted by Gasteiger charge is -2.06. The molecule has 1 atom stereocenters. The first-order chi connectivity index (χ1) is 8.97. The number of nitrogens with zero attached hydrogens (tertiary/aromatic N) is 3. The van der Waals surface area contributed by atoms with E-state index in [4.69, 9.17) is 0 Å². The van der Waals surface area contributed by atoms with E-state index in [0.717, 1.165) is 5.01 Å². The van der Waals surface area contributed by atoms with Gasteiger partial charge in [0.15, 0.2) is 4.34 Å². The molecule has 1 heterocycles. The monoisotopic (exact) mass is 297 g/mol. The first-order valence-electron chi connectivity index (χ1n) is 5.41. The standard InChI is InChI=1S/C11H11N3O3S2/c1-6(15)8-3-4-10(9(5-8)14(16)17)19-11-13-12-7(2)18-11/h3-6,15H,1-2H3/t6-/m1/s1. The van der Waals surface area contributed by atoms with Crippen LogP contribution in [0.3, 0.4) is 0 Å². The topological polar surface area (TPSA) is 89.2 Å². The molecule has 1 aromatic heterocycles. The summed E-state index contributed by atoms with van der Waals surface area (Å²) in [5.41, 5.74) is 0.487. The van der Waals surface area contributed by atoms with E-state index >= 15 is 0 Å². The number of aliphatic hydroxyl groups excluding tert-OH is 1. The quantitative estimate of drug-likeness (QED) is 0.689. The second-order valence-corrected chi connectivity index (χ2v) is 6.32. The molecule has 0 bridgehead atoms. The molecule has 1 aromatic carbocycles. The normalized spacial score (nSPS) is 12.4. The predicted molar refractivity (Wildman–Crippen MR) is 72.5 cm³/mol. The Labute approximate surface area is 117 Å². The van der Waals surface area contributed by atoms with Crippen molar-refractivity contribution in [1.29, 1.82) is 0 Å². The summed E-state index contributed by atoms with van der Waals surface area (Å²) in [6.45, 7) is 3.40. The van der Waals surface area contributed by atoms with Crippen LogP contribution in [0.5, 0.6) is 0 Å². The van der Waals surface area contributed by atoms with Gasteiger partial charge in [0.1, 0.15) is 5.01 Å². The lowest BCUT2D eigenvalue weighted by Crippen LogP contribution is -1.96. The number of nitro groups is 1. The summed E-state index contributed by atoms with van der Waals surface area (Å²) >= 11 is 2.59. The molecule has 0 radical (unpaired) electrons. The Morgan fingerprint density at radius 2 is 2.21 bits per heavy atom. The highest BCUT2D eigenvalue weighted by Crippen LogP contribution is 2.37. The Morgan fingerprint density at radius 1 is 1.47 bits per heavy atom. The molecular weight excluding hydrogens is 286 g/mol. The summed E-state index contributed by atoms with van der Waals surface area (Å²) in [4.78, 5) is 11.1. The molecule has 0 aliphatic carbocycles. The highest BCUT2D eigenvalue weighted by molar-refractivity contribution is 8.01. The molecule has 2 rings (SSSR count). The zero-order chi connectivity index (χ0) is 14.0. The Hall–Kier alpha value is -1.51. The van der Waals surface area contributed by atoms with E-state index in [2.05, 4.69) is 10.2 Å². The van der Waals surface area contributed by atoms with Gasteiger partial charge < -0.3 is 5.11 Å². The zero-order valence-electron chi connectivity index (χ0n) is 10.2. The van der Waals surface area contributed by atoms with Crippen molar-refractivity contribution in [2.45, 2.75) is 29.2 Å². The second-order valence-electron chi connectivity index (χ2n) is 3.85. The van der Waals surface area contributed by atoms with E-state index in [1.807, 2.05) is 6.92 Å². The average molecular weight is 297 g/mol. The van der Waals surface area contributed by atoms with E-state index in [-0.39, 0.29) is 5.69 Å². The van der Waals surface area contributed by atoms with E-state index in [9.17, 15) is 15.2 Å². The molecular formula is C11H11N3O3S2. The fraction of sp³-hybridized carbons (Fsp3) is 0.273. The van der Waals surface area contributed by atoms with Crippen molar-refractivity contribution >= 4 is 28.8 Å². The van der Waals surface area contributed by atoms with Gasteiger partial charge in [0.05, 0.1) is 15.9 Å². The number of nitro benzene ring substituents is 1. The van der Waals surface area contributed by atoms with Crippen LogP contribution in [-0.4, -0.2) is 20.2 Å². The van der Waals surface area contributed by atoms with Crippen molar-refractivity contribution in [2.24, 2.45) is 0 Å². The van der Waals surface area contributed by atoms with E-state index < -0.39 is 11.0 Å². The third kappa shape index (κ3) is 3.28. The highest BCUT2D eigenvalue weighted by Gasteiger charge is 2.18. The molecule has 1 N–H and O–H groups in total. The van der Waals surface area contributed by atoms with Crippen LogP contribution in [-0.2, 0) is 0 Å². The highest BCUT2D eigenvalue weighted by atomic mass is 32.2. The minimum atomic E-state index is -0.735. The van der Waals surface area contributed by atoms with Crippen LogP contribution in [0, 0.1) is 17.0 Å². The van der Waals surface area contributed by atoms with Gasteiger partial charge in [0.25, 0.3) is 5.69 Å². The van der Waals surface area contributed by atoms with Crippen molar-refractivity contribution in [1.82, 2.24) is 10.2 Å². The molecule has 0 aliphatic rings. The minimum Gasteiger partial charge on any atom is -0.389 e. The smallest absolute Gasteiger partial charge is 0.283 e. The Balaban J connectivity index is 2.36. The summed E-state index contributed by atoms with van der Waals surface area (Å²) < 4.78 is 0.658. The maximum Gasteiger partial charge on any atom is 0.283 e. The molecule has 6 nitrogen and oxygen atoms in total. The fourth-order valence-electron chi connectivity index (χ4n) is 1.44. The summed E-state index contributed by atoms with van der Waals surface area (Å²) in [5.74, 6) is 0.